The van der Waals surface area contributed by atoms with Gasteiger partial charge < -0.3 is 5.32 Å². The maximum absolute atomic E-state index is 12.7. The van der Waals surface area contributed by atoms with Crippen LogP contribution in [0.5, 0.6) is 0 Å². The molecular formula is C11H9ClFN3O. The Morgan fingerprint density at radius 2 is 2.06 bits per heavy atom. The number of hydrogen-bond donors (Lipinski definition) is 2. The Kier molecular flexibility index (Phi) is 3.39. The van der Waals surface area contributed by atoms with Gasteiger partial charge in [0.2, 0.25) is 0 Å². The zero-order chi connectivity index (χ0) is 12.3. The summed E-state index contributed by atoms with van der Waals surface area (Å²) < 4.78 is 12.7. The lowest BCUT2D eigenvalue weighted by Gasteiger charge is -2.06. The fraction of sp³-hybridized carbons (Fsp3) is 0.0909. The van der Waals surface area contributed by atoms with E-state index in [1.807, 2.05) is 0 Å². The van der Waals surface area contributed by atoms with E-state index in [1.54, 1.807) is 12.1 Å². The van der Waals surface area contributed by atoms with Gasteiger partial charge in [0.15, 0.2) is 0 Å². The number of aromatic amines is 1. The van der Waals surface area contributed by atoms with Crippen LogP contribution >= 0.6 is 11.6 Å². The zero-order valence-corrected chi connectivity index (χ0v) is 9.46. The summed E-state index contributed by atoms with van der Waals surface area (Å²) in [6, 6.07) is 6.04. The molecule has 0 unspecified atom stereocenters. The predicted octanol–water partition coefficient (Wildman–Crippen LogP) is 2.17. The normalized spacial score (nSPS) is 10.2. The highest BCUT2D eigenvalue weighted by atomic mass is 35.5. The average molecular weight is 254 g/mol. The van der Waals surface area contributed by atoms with E-state index in [-0.39, 0.29) is 10.8 Å². The van der Waals surface area contributed by atoms with Crippen molar-refractivity contribution in [1.29, 1.82) is 0 Å². The number of halogens is 2. The molecular weight excluding hydrogens is 245 g/mol. The number of aromatic nitrogens is 2. The van der Waals surface area contributed by atoms with Crippen LogP contribution in [0.15, 0.2) is 35.3 Å². The molecule has 0 saturated carbocycles. The van der Waals surface area contributed by atoms with E-state index in [2.05, 4.69) is 15.5 Å². The molecule has 4 nitrogen and oxygen atoms in total. The minimum atomic E-state index is -0.448. The zero-order valence-electron chi connectivity index (χ0n) is 8.71. The minimum Gasteiger partial charge on any atom is -0.378 e. The van der Waals surface area contributed by atoms with Gasteiger partial charge in [-0.05, 0) is 17.7 Å². The average Bonchev–Trinajstić information content (AvgIpc) is 2.33. The summed E-state index contributed by atoms with van der Waals surface area (Å²) in [6.07, 6.45) is 1.42. The van der Waals surface area contributed by atoms with Crippen LogP contribution in [0.25, 0.3) is 0 Å². The third-order valence-electron chi connectivity index (χ3n) is 2.19. The van der Waals surface area contributed by atoms with Gasteiger partial charge in [0, 0.05) is 6.54 Å². The maximum Gasteiger partial charge on any atom is 0.285 e. The van der Waals surface area contributed by atoms with Gasteiger partial charge in [-0.2, -0.15) is 5.10 Å². The second-order valence-electron chi connectivity index (χ2n) is 3.41. The molecule has 1 aromatic heterocycles. The molecule has 0 fully saturated rings. The highest BCUT2D eigenvalue weighted by Gasteiger charge is 2.04. The summed E-state index contributed by atoms with van der Waals surface area (Å²) >= 11 is 5.78. The first-order valence-electron chi connectivity index (χ1n) is 4.88. The van der Waals surface area contributed by atoms with Crippen molar-refractivity contribution in [3.05, 3.63) is 57.2 Å². The monoisotopic (exact) mass is 253 g/mol. The lowest BCUT2D eigenvalue weighted by atomic mass is 10.2. The number of benzene rings is 1. The number of nitrogens with one attached hydrogen (secondary N) is 2. The minimum absolute atomic E-state index is 0.0575. The van der Waals surface area contributed by atoms with E-state index in [0.717, 1.165) is 5.56 Å². The Balaban J connectivity index is 2.10. The molecule has 2 rings (SSSR count). The van der Waals surface area contributed by atoms with E-state index in [1.165, 1.54) is 18.3 Å². The Morgan fingerprint density at radius 3 is 2.76 bits per heavy atom. The van der Waals surface area contributed by atoms with E-state index in [9.17, 15) is 9.18 Å². The molecule has 0 aliphatic rings. The molecule has 88 valence electrons. The van der Waals surface area contributed by atoms with E-state index >= 15 is 0 Å². The van der Waals surface area contributed by atoms with Gasteiger partial charge in [-0.25, -0.2) is 9.49 Å². The third kappa shape index (κ3) is 2.82. The number of rotatable bonds is 3. The van der Waals surface area contributed by atoms with Crippen molar-refractivity contribution in [2.75, 3.05) is 5.32 Å². The molecule has 0 atom stereocenters. The Labute approximate surface area is 101 Å². The van der Waals surface area contributed by atoms with Crippen molar-refractivity contribution < 1.29 is 4.39 Å². The molecule has 0 radical (unpaired) electrons. The van der Waals surface area contributed by atoms with Crippen molar-refractivity contribution in [2.45, 2.75) is 6.54 Å². The summed E-state index contributed by atoms with van der Waals surface area (Å²) in [4.78, 5) is 11.2. The number of H-pyrrole nitrogens is 1. The SMILES string of the molecule is O=c1[nH]ncc(NCc2ccc(F)cc2)c1Cl. The summed E-state index contributed by atoms with van der Waals surface area (Å²) in [5, 5.41) is 8.86. The number of hydrogen-bond acceptors (Lipinski definition) is 3. The highest BCUT2D eigenvalue weighted by molar-refractivity contribution is 6.32. The van der Waals surface area contributed by atoms with Crippen molar-refractivity contribution in [2.24, 2.45) is 0 Å². The summed E-state index contributed by atoms with van der Waals surface area (Å²) in [5.74, 6) is -0.287. The molecule has 0 aliphatic heterocycles. The van der Waals surface area contributed by atoms with Gasteiger partial charge in [-0.15, -0.1) is 0 Å². The van der Waals surface area contributed by atoms with Crippen molar-refractivity contribution in [3.63, 3.8) is 0 Å². The van der Waals surface area contributed by atoms with Gasteiger partial charge in [0.1, 0.15) is 10.8 Å². The summed E-state index contributed by atoms with van der Waals surface area (Å²) in [5.41, 5.74) is 0.873. The highest BCUT2D eigenvalue weighted by Crippen LogP contribution is 2.15. The van der Waals surface area contributed by atoms with Crippen LogP contribution in [0.2, 0.25) is 5.02 Å². The van der Waals surface area contributed by atoms with Crippen molar-refractivity contribution >= 4 is 17.3 Å². The lowest BCUT2D eigenvalue weighted by molar-refractivity contribution is 0.627. The van der Waals surface area contributed by atoms with Crippen LogP contribution in [-0.4, -0.2) is 10.2 Å². The first-order valence-corrected chi connectivity index (χ1v) is 5.26. The van der Waals surface area contributed by atoms with Crippen molar-refractivity contribution in [3.8, 4) is 0 Å². The molecule has 2 N–H and O–H groups in total. The Morgan fingerprint density at radius 1 is 1.35 bits per heavy atom. The van der Waals surface area contributed by atoms with Gasteiger partial charge in [0.05, 0.1) is 11.9 Å². The predicted molar refractivity (Wildman–Crippen MR) is 63.6 cm³/mol. The molecule has 0 amide bonds. The van der Waals surface area contributed by atoms with Crippen LogP contribution in [-0.2, 0) is 6.54 Å². The molecule has 0 spiro atoms. The Bertz CT molecular complexity index is 568. The largest absolute Gasteiger partial charge is 0.378 e. The topological polar surface area (TPSA) is 57.8 Å². The smallest absolute Gasteiger partial charge is 0.285 e. The molecule has 17 heavy (non-hydrogen) atoms. The number of anilines is 1. The fourth-order valence-electron chi connectivity index (χ4n) is 1.31. The van der Waals surface area contributed by atoms with Gasteiger partial charge in [-0.1, -0.05) is 23.7 Å². The fourth-order valence-corrected chi connectivity index (χ4v) is 1.46. The Hall–Kier alpha value is -1.88. The first-order chi connectivity index (χ1) is 8.16. The molecule has 0 saturated heterocycles. The lowest BCUT2D eigenvalue weighted by Crippen LogP contribution is -2.11. The van der Waals surface area contributed by atoms with E-state index in [0.29, 0.717) is 12.2 Å². The molecule has 0 bridgehead atoms. The van der Waals surface area contributed by atoms with E-state index < -0.39 is 5.56 Å². The van der Waals surface area contributed by atoms with Crippen LogP contribution in [0.1, 0.15) is 5.56 Å². The second-order valence-corrected chi connectivity index (χ2v) is 3.78. The molecule has 1 heterocycles. The van der Waals surface area contributed by atoms with Crippen LogP contribution in [0, 0.1) is 5.82 Å². The van der Waals surface area contributed by atoms with E-state index in [4.69, 9.17) is 11.6 Å². The molecule has 2 aromatic rings. The standard InChI is InChI=1S/C11H9ClFN3O/c12-10-9(6-15-16-11(10)17)14-5-7-1-3-8(13)4-2-7/h1-4,6H,5H2,(H2,14,16,17). The number of nitrogens with zero attached hydrogens (tertiary/aromatic N) is 1. The quantitative estimate of drug-likeness (QED) is 0.881. The van der Waals surface area contributed by atoms with Crippen LogP contribution in [0.3, 0.4) is 0 Å². The molecule has 0 aliphatic carbocycles. The molecule has 6 heteroatoms. The second kappa shape index (κ2) is 4.97. The summed E-state index contributed by atoms with van der Waals surface area (Å²) in [7, 11) is 0. The van der Waals surface area contributed by atoms with Gasteiger partial charge in [0.25, 0.3) is 5.56 Å². The molecule has 1 aromatic carbocycles. The van der Waals surface area contributed by atoms with Gasteiger partial charge in [-0.3, -0.25) is 4.79 Å². The van der Waals surface area contributed by atoms with Gasteiger partial charge >= 0.3 is 0 Å². The van der Waals surface area contributed by atoms with Crippen molar-refractivity contribution in [1.82, 2.24) is 10.2 Å². The third-order valence-corrected chi connectivity index (χ3v) is 2.57. The van der Waals surface area contributed by atoms with Crippen LogP contribution in [0.4, 0.5) is 10.1 Å². The summed E-state index contributed by atoms with van der Waals surface area (Å²) in [6.45, 7) is 0.436. The van der Waals surface area contributed by atoms with Crippen LogP contribution < -0.4 is 10.9 Å². The first kappa shape index (κ1) is 11.6. The maximum atomic E-state index is 12.7.